The maximum absolute atomic E-state index is 5.09. The summed E-state index contributed by atoms with van der Waals surface area (Å²) >= 11 is 0. The van der Waals surface area contributed by atoms with E-state index >= 15 is 0 Å². The zero-order chi connectivity index (χ0) is 29.5. The molecule has 0 aliphatic carbocycles. The van der Waals surface area contributed by atoms with Crippen LogP contribution < -0.4 is 0 Å². The van der Waals surface area contributed by atoms with Gasteiger partial charge >= 0.3 is 0 Å². The van der Waals surface area contributed by atoms with Gasteiger partial charge in [0.2, 0.25) is 0 Å². The Balaban J connectivity index is 1.46. The van der Waals surface area contributed by atoms with E-state index in [1.165, 1.54) is 16.3 Å². The van der Waals surface area contributed by atoms with Crippen molar-refractivity contribution in [3.05, 3.63) is 151 Å². The van der Waals surface area contributed by atoms with Crippen molar-refractivity contribution in [3.8, 4) is 51.0 Å². The second-order valence-corrected chi connectivity index (χ2v) is 10.9. The van der Waals surface area contributed by atoms with E-state index < -0.39 is 0 Å². The van der Waals surface area contributed by atoms with E-state index in [4.69, 9.17) is 15.0 Å². The molecule has 208 valence electrons. The number of aromatic nitrogens is 5. The van der Waals surface area contributed by atoms with E-state index in [0.717, 1.165) is 44.5 Å². The van der Waals surface area contributed by atoms with Crippen molar-refractivity contribution in [2.24, 2.45) is 0 Å². The molecule has 0 unspecified atom stereocenters. The average Bonchev–Trinajstić information content (AvgIpc) is 3.42. The second kappa shape index (κ2) is 10.7. The number of hydrogen-bond acceptors (Lipinski definition) is 4. The Morgan fingerprint density at radius 1 is 0.500 bits per heavy atom. The summed E-state index contributed by atoms with van der Waals surface area (Å²) in [6.45, 7) is 2.14. The Labute approximate surface area is 255 Å². The molecule has 0 aliphatic rings. The van der Waals surface area contributed by atoms with Crippen LogP contribution >= 0.6 is 0 Å². The van der Waals surface area contributed by atoms with Gasteiger partial charge in [0, 0.05) is 51.0 Å². The van der Waals surface area contributed by atoms with Crippen LogP contribution in [0.5, 0.6) is 0 Å². The smallest absolute Gasteiger partial charge is 0.164 e. The number of hydrogen-bond donors (Lipinski definition) is 0. The fourth-order valence-corrected chi connectivity index (χ4v) is 6.00. The highest BCUT2D eigenvalue weighted by Crippen LogP contribution is 2.40. The molecule has 0 aliphatic heterocycles. The summed E-state index contributed by atoms with van der Waals surface area (Å²) in [4.78, 5) is 19.6. The standard InChI is InChI=1S/C39H27N5/c1-26-21-22-34-32(24-26)30-17-8-9-19-33(30)44(34)35-20-10-18-31(36(35)29-16-11-23-40-25-29)39-42-37(27-12-4-2-5-13-27)41-38(43-39)28-14-6-3-7-15-28/h2-25H,1H3. The van der Waals surface area contributed by atoms with Crippen LogP contribution in [0.4, 0.5) is 0 Å². The summed E-state index contributed by atoms with van der Waals surface area (Å²) in [7, 11) is 0. The highest BCUT2D eigenvalue weighted by Gasteiger charge is 2.21. The second-order valence-electron chi connectivity index (χ2n) is 10.9. The first-order valence-electron chi connectivity index (χ1n) is 14.7. The molecule has 0 atom stereocenters. The molecule has 0 radical (unpaired) electrons. The van der Waals surface area contributed by atoms with E-state index in [-0.39, 0.29) is 0 Å². The molecular weight excluding hydrogens is 538 g/mol. The van der Waals surface area contributed by atoms with Crippen molar-refractivity contribution < 1.29 is 0 Å². The summed E-state index contributed by atoms with van der Waals surface area (Å²) in [5.41, 5.74) is 9.32. The molecule has 44 heavy (non-hydrogen) atoms. The van der Waals surface area contributed by atoms with Crippen molar-refractivity contribution in [1.29, 1.82) is 0 Å². The van der Waals surface area contributed by atoms with Crippen molar-refractivity contribution in [2.75, 3.05) is 0 Å². The van der Waals surface area contributed by atoms with E-state index in [0.29, 0.717) is 17.5 Å². The molecule has 3 heterocycles. The van der Waals surface area contributed by atoms with Crippen LogP contribution in [0.3, 0.4) is 0 Å². The lowest BCUT2D eigenvalue weighted by molar-refractivity contribution is 1.07. The SMILES string of the molecule is Cc1ccc2c(c1)c1ccccc1n2-c1cccc(-c2nc(-c3ccccc3)nc(-c3ccccc3)n2)c1-c1cccnc1. The van der Waals surface area contributed by atoms with E-state index in [9.17, 15) is 0 Å². The Bertz CT molecular complexity index is 2220. The molecule has 0 N–H and O–H groups in total. The molecule has 8 rings (SSSR count). The van der Waals surface area contributed by atoms with Crippen molar-refractivity contribution in [1.82, 2.24) is 24.5 Å². The number of aryl methyl sites for hydroxylation is 1. The average molecular weight is 566 g/mol. The number of benzene rings is 5. The number of para-hydroxylation sites is 1. The third-order valence-electron chi connectivity index (χ3n) is 8.00. The van der Waals surface area contributed by atoms with Crippen LogP contribution in [0.2, 0.25) is 0 Å². The van der Waals surface area contributed by atoms with Gasteiger partial charge in [-0.2, -0.15) is 0 Å². The third-order valence-corrected chi connectivity index (χ3v) is 8.00. The van der Waals surface area contributed by atoms with Gasteiger partial charge in [-0.3, -0.25) is 4.98 Å². The van der Waals surface area contributed by atoms with Gasteiger partial charge in [0.25, 0.3) is 0 Å². The zero-order valence-electron chi connectivity index (χ0n) is 24.1. The highest BCUT2D eigenvalue weighted by molar-refractivity contribution is 6.10. The fourth-order valence-electron chi connectivity index (χ4n) is 6.00. The van der Waals surface area contributed by atoms with Crippen LogP contribution in [-0.4, -0.2) is 24.5 Å². The normalized spacial score (nSPS) is 11.3. The summed E-state index contributed by atoms with van der Waals surface area (Å²) in [5, 5.41) is 2.44. The summed E-state index contributed by atoms with van der Waals surface area (Å²) in [6, 6.07) is 45.9. The molecule has 0 bridgehead atoms. The number of fused-ring (bicyclic) bond motifs is 3. The van der Waals surface area contributed by atoms with Gasteiger partial charge in [-0.15, -0.1) is 0 Å². The van der Waals surface area contributed by atoms with Gasteiger partial charge in [0.1, 0.15) is 0 Å². The molecule has 5 nitrogen and oxygen atoms in total. The van der Waals surface area contributed by atoms with E-state index in [2.05, 4.69) is 83.2 Å². The molecule has 0 saturated heterocycles. The Hall–Kier alpha value is -5.94. The summed E-state index contributed by atoms with van der Waals surface area (Å²) in [6.07, 6.45) is 3.72. The lowest BCUT2D eigenvalue weighted by Gasteiger charge is -2.18. The third kappa shape index (κ3) is 4.43. The highest BCUT2D eigenvalue weighted by atomic mass is 15.0. The van der Waals surface area contributed by atoms with Gasteiger partial charge in [0.15, 0.2) is 17.5 Å². The number of nitrogens with zero attached hydrogens (tertiary/aromatic N) is 5. The Kier molecular flexibility index (Phi) is 6.27. The van der Waals surface area contributed by atoms with Crippen molar-refractivity contribution in [3.63, 3.8) is 0 Å². The first-order chi connectivity index (χ1) is 21.7. The van der Waals surface area contributed by atoms with E-state index in [1.807, 2.05) is 72.9 Å². The molecule has 0 spiro atoms. The minimum absolute atomic E-state index is 0.607. The minimum Gasteiger partial charge on any atom is -0.309 e. The van der Waals surface area contributed by atoms with Gasteiger partial charge in [-0.05, 0) is 37.3 Å². The summed E-state index contributed by atoms with van der Waals surface area (Å²) < 4.78 is 2.35. The lowest BCUT2D eigenvalue weighted by atomic mass is 9.97. The molecule has 0 saturated carbocycles. The Morgan fingerprint density at radius 3 is 1.84 bits per heavy atom. The predicted molar refractivity (Wildman–Crippen MR) is 178 cm³/mol. The molecular formula is C39H27N5. The molecule has 3 aromatic heterocycles. The monoisotopic (exact) mass is 565 g/mol. The molecule has 0 fully saturated rings. The Morgan fingerprint density at radius 2 is 1.14 bits per heavy atom. The summed E-state index contributed by atoms with van der Waals surface area (Å²) in [5.74, 6) is 1.86. The van der Waals surface area contributed by atoms with Crippen LogP contribution in [-0.2, 0) is 0 Å². The van der Waals surface area contributed by atoms with Crippen LogP contribution in [0.1, 0.15) is 5.56 Å². The number of rotatable bonds is 5. The quantitative estimate of drug-likeness (QED) is 0.209. The van der Waals surface area contributed by atoms with Crippen LogP contribution in [0, 0.1) is 6.92 Å². The zero-order valence-corrected chi connectivity index (χ0v) is 24.1. The molecule has 0 amide bonds. The minimum atomic E-state index is 0.607. The van der Waals surface area contributed by atoms with Gasteiger partial charge in [0.05, 0.1) is 16.7 Å². The van der Waals surface area contributed by atoms with Gasteiger partial charge < -0.3 is 4.57 Å². The topological polar surface area (TPSA) is 56.5 Å². The first kappa shape index (κ1) is 25.7. The van der Waals surface area contributed by atoms with Crippen molar-refractivity contribution in [2.45, 2.75) is 6.92 Å². The predicted octanol–water partition coefficient (Wildman–Crippen LogP) is 9.34. The fraction of sp³-hybridized carbons (Fsp3) is 0.0256. The van der Waals surface area contributed by atoms with Crippen LogP contribution in [0.15, 0.2) is 146 Å². The van der Waals surface area contributed by atoms with Gasteiger partial charge in [-0.25, -0.2) is 15.0 Å². The van der Waals surface area contributed by atoms with Crippen LogP contribution in [0.25, 0.3) is 72.8 Å². The number of pyridine rings is 1. The molecule has 5 heteroatoms. The van der Waals surface area contributed by atoms with Gasteiger partial charge in [-0.1, -0.05) is 109 Å². The first-order valence-corrected chi connectivity index (χ1v) is 14.7. The lowest BCUT2D eigenvalue weighted by Crippen LogP contribution is -2.04. The van der Waals surface area contributed by atoms with E-state index in [1.54, 1.807) is 6.20 Å². The maximum atomic E-state index is 5.09. The molecule has 5 aromatic carbocycles. The maximum Gasteiger partial charge on any atom is 0.164 e. The van der Waals surface area contributed by atoms with Crippen molar-refractivity contribution >= 4 is 21.8 Å². The molecule has 8 aromatic rings. The largest absolute Gasteiger partial charge is 0.309 e.